The SMILES string of the molecule is Cc1ccc(N2C(=O)CC(N(Cc3cccnc3)C(=O)c3ccccc3C)C2=O)cc1. The second-order valence-corrected chi connectivity index (χ2v) is 7.73. The van der Waals surface area contributed by atoms with Crippen molar-refractivity contribution in [2.75, 3.05) is 4.90 Å². The molecule has 1 saturated heterocycles. The zero-order valence-electron chi connectivity index (χ0n) is 17.5. The van der Waals surface area contributed by atoms with E-state index < -0.39 is 6.04 Å². The van der Waals surface area contributed by atoms with E-state index >= 15 is 0 Å². The molecule has 0 saturated carbocycles. The molecule has 0 aliphatic carbocycles. The van der Waals surface area contributed by atoms with E-state index in [2.05, 4.69) is 4.98 Å². The molecule has 0 spiro atoms. The second kappa shape index (κ2) is 8.52. The zero-order valence-corrected chi connectivity index (χ0v) is 17.5. The van der Waals surface area contributed by atoms with Crippen LogP contribution in [0.3, 0.4) is 0 Å². The molecule has 1 aliphatic heterocycles. The molecule has 2 heterocycles. The zero-order chi connectivity index (χ0) is 22.0. The highest BCUT2D eigenvalue weighted by Crippen LogP contribution is 2.28. The first kappa shape index (κ1) is 20.5. The van der Waals surface area contributed by atoms with Gasteiger partial charge >= 0.3 is 0 Å². The Bertz CT molecular complexity index is 1130. The van der Waals surface area contributed by atoms with Gasteiger partial charge in [-0.3, -0.25) is 19.4 Å². The maximum Gasteiger partial charge on any atom is 0.257 e. The minimum absolute atomic E-state index is 0.0510. The molecule has 1 atom stereocenters. The molecule has 3 amide bonds. The van der Waals surface area contributed by atoms with Crippen molar-refractivity contribution in [2.45, 2.75) is 32.9 Å². The number of rotatable bonds is 5. The Morgan fingerprint density at radius 3 is 2.45 bits per heavy atom. The van der Waals surface area contributed by atoms with Crippen LogP contribution in [-0.2, 0) is 16.1 Å². The lowest BCUT2D eigenvalue weighted by Gasteiger charge is -2.28. The number of imide groups is 1. The van der Waals surface area contributed by atoms with Crippen LogP contribution in [0.1, 0.15) is 33.5 Å². The van der Waals surface area contributed by atoms with E-state index in [1.54, 1.807) is 42.7 Å². The molecule has 1 aromatic heterocycles. The fourth-order valence-corrected chi connectivity index (χ4v) is 3.80. The number of amides is 3. The Balaban J connectivity index is 1.70. The van der Waals surface area contributed by atoms with E-state index in [1.807, 2.05) is 44.2 Å². The first-order valence-electron chi connectivity index (χ1n) is 10.1. The summed E-state index contributed by atoms with van der Waals surface area (Å²) in [5.41, 5.74) is 3.68. The Morgan fingerprint density at radius 1 is 1.03 bits per heavy atom. The van der Waals surface area contributed by atoms with E-state index in [0.29, 0.717) is 11.3 Å². The highest BCUT2D eigenvalue weighted by molar-refractivity contribution is 6.23. The molecule has 3 aromatic rings. The predicted octanol–water partition coefficient (Wildman–Crippen LogP) is 3.67. The summed E-state index contributed by atoms with van der Waals surface area (Å²) < 4.78 is 0. The maximum absolute atomic E-state index is 13.5. The van der Waals surface area contributed by atoms with Crippen LogP contribution >= 0.6 is 0 Å². The topological polar surface area (TPSA) is 70.6 Å². The average molecular weight is 413 g/mol. The number of hydrogen-bond donors (Lipinski definition) is 0. The lowest BCUT2D eigenvalue weighted by molar-refractivity contribution is -0.122. The van der Waals surface area contributed by atoms with Gasteiger partial charge in [0.15, 0.2) is 0 Å². The van der Waals surface area contributed by atoms with Crippen molar-refractivity contribution in [2.24, 2.45) is 0 Å². The lowest BCUT2D eigenvalue weighted by Crippen LogP contribution is -2.45. The smallest absolute Gasteiger partial charge is 0.257 e. The van der Waals surface area contributed by atoms with Crippen LogP contribution in [0, 0.1) is 13.8 Å². The van der Waals surface area contributed by atoms with Gasteiger partial charge in [-0.25, -0.2) is 4.90 Å². The van der Waals surface area contributed by atoms with Crippen LogP contribution < -0.4 is 4.90 Å². The molecule has 0 radical (unpaired) electrons. The Kier molecular flexibility index (Phi) is 5.62. The van der Waals surface area contributed by atoms with E-state index in [4.69, 9.17) is 0 Å². The number of carbonyl (C=O) groups excluding carboxylic acids is 3. The van der Waals surface area contributed by atoms with Crippen LogP contribution in [0.4, 0.5) is 5.69 Å². The van der Waals surface area contributed by atoms with Crippen molar-refractivity contribution in [3.63, 3.8) is 0 Å². The summed E-state index contributed by atoms with van der Waals surface area (Å²) in [5, 5.41) is 0. The van der Waals surface area contributed by atoms with Gasteiger partial charge in [-0.1, -0.05) is 42.0 Å². The van der Waals surface area contributed by atoms with Crippen molar-refractivity contribution >= 4 is 23.4 Å². The molecule has 31 heavy (non-hydrogen) atoms. The fraction of sp³-hybridized carbons (Fsp3) is 0.200. The number of aromatic nitrogens is 1. The fourth-order valence-electron chi connectivity index (χ4n) is 3.80. The van der Waals surface area contributed by atoms with Gasteiger partial charge in [-0.05, 0) is 49.2 Å². The first-order chi connectivity index (χ1) is 15.0. The van der Waals surface area contributed by atoms with E-state index in [9.17, 15) is 14.4 Å². The number of benzene rings is 2. The molecule has 1 aliphatic rings. The third kappa shape index (κ3) is 4.10. The van der Waals surface area contributed by atoms with Crippen LogP contribution in [0.5, 0.6) is 0 Å². The van der Waals surface area contributed by atoms with Crippen molar-refractivity contribution < 1.29 is 14.4 Å². The van der Waals surface area contributed by atoms with Crippen molar-refractivity contribution in [3.05, 3.63) is 95.3 Å². The second-order valence-electron chi connectivity index (χ2n) is 7.73. The maximum atomic E-state index is 13.5. The van der Waals surface area contributed by atoms with Gasteiger partial charge in [0.05, 0.1) is 12.1 Å². The van der Waals surface area contributed by atoms with Gasteiger partial charge in [0.2, 0.25) is 5.91 Å². The number of pyridine rings is 1. The Hall–Kier alpha value is -3.80. The van der Waals surface area contributed by atoms with Crippen LogP contribution in [-0.4, -0.2) is 33.6 Å². The minimum atomic E-state index is -0.874. The van der Waals surface area contributed by atoms with Gasteiger partial charge in [0.25, 0.3) is 11.8 Å². The van der Waals surface area contributed by atoms with Crippen molar-refractivity contribution in [1.82, 2.24) is 9.88 Å². The van der Waals surface area contributed by atoms with Gasteiger partial charge in [0, 0.05) is 24.5 Å². The summed E-state index contributed by atoms with van der Waals surface area (Å²) in [5.74, 6) is -0.980. The summed E-state index contributed by atoms with van der Waals surface area (Å²) in [6.45, 7) is 3.98. The van der Waals surface area contributed by atoms with Gasteiger partial charge < -0.3 is 4.90 Å². The molecule has 156 valence electrons. The third-order valence-electron chi connectivity index (χ3n) is 5.50. The van der Waals surface area contributed by atoms with E-state index in [0.717, 1.165) is 16.7 Å². The monoisotopic (exact) mass is 413 g/mol. The quantitative estimate of drug-likeness (QED) is 0.599. The lowest BCUT2D eigenvalue weighted by atomic mass is 10.1. The molecule has 1 unspecified atom stereocenters. The number of aryl methyl sites for hydroxylation is 2. The summed E-state index contributed by atoms with van der Waals surface area (Å²) >= 11 is 0. The van der Waals surface area contributed by atoms with E-state index in [-0.39, 0.29) is 30.7 Å². The Morgan fingerprint density at radius 2 is 1.77 bits per heavy atom. The molecule has 0 N–H and O–H groups in total. The standard InChI is InChI=1S/C25H23N3O3/c1-17-9-11-20(12-10-17)28-23(29)14-22(25(28)31)27(16-19-7-5-13-26-15-19)24(30)21-8-4-3-6-18(21)2/h3-13,15,22H,14,16H2,1-2H3. The van der Waals surface area contributed by atoms with Crippen LogP contribution in [0.25, 0.3) is 0 Å². The summed E-state index contributed by atoms with van der Waals surface area (Å²) in [4.78, 5) is 46.5. The first-order valence-corrected chi connectivity index (χ1v) is 10.1. The summed E-state index contributed by atoms with van der Waals surface area (Å²) in [6.07, 6.45) is 3.27. The third-order valence-corrected chi connectivity index (χ3v) is 5.50. The minimum Gasteiger partial charge on any atom is -0.322 e. The molecular weight excluding hydrogens is 390 g/mol. The number of carbonyl (C=O) groups is 3. The van der Waals surface area contributed by atoms with Crippen LogP contribution in [0.15, 0.2) is 73.1 Å². The van der Waals surface area contributed by atoms with Gasteiger partial charge in [-0.2, -0.15) is 0 Å². The molecule has 4 rings (SSSR count). The average Bonchev–Trinajstić information content (AvgIpc) is 3.07. The van der Waals surface area contributed by atoms with E-state index in [1.165, 1.54) is 9.80 Å². The molecule has 6 heteroatoms. The number of hydrogen-bond acceptors (Lipinski definition) is 4. The molecule has 0 bridgehead atoms. The largest absolute Gasteiger partial charge is 0.322 e. The summed E-state index contributed by atoms with van der Waals surface area (Å²) in [6, 6.07) is 17.2. The highest BCUT2D eigenvalue weighted by atomic mass is 16.2. The van der Waals surface area contributed by atoms with Gasteiger partial charge in [0.1, 0.15) is 6.04 Å². The molecular formula is C25H23N3O3. The molecule has 6 nitrogen and oxygen atoms in total. The van der Waals surface area contributed by atoms with Crippen LogP contribution in [0.2, 0.25) is 0 Å². The molecule has 1 fully saturated rings. The highest BCUT2D eigenvalue weighted by Gasteiger charge is 2.44. The predicted molar refractivity (Wildman–Crippen MR) is 117 cm³/mol. The normalized spacial score (nSPS) is 15.9. The summed E-state index contributed by atoms with van der Waals surface area (Å²) in [7, 11) is 0. The van der Waals surface area contributed by atoms with Crippen molar-refractivity contribution in [1.29, 1.82) is 0 Å². The Labute approximate surface area is 181 Å². The number of anilines is 1. The molecule has 2 aromatic carbocycles. The van der Waals surface area contributed by atoms with Gasteiger partial charge in [-0.15, -0.1) is 0 Å². The van der Waals surface area contributed by atoms with Crippen molar-refractivity contribution in [3.8, 4) is 0 Å². The number of nitrogens with zero attached hydrogens (tertiary/aromatic N) is 3.